The molecular formula is C17H15ClN2O4S2. The number of hydrogen-bond acceptors (Lipinski definition) is 5. The van der Waals surface area contributed by atoms with Gasteiger partial charge < -0.3 is 9.30 Å². The molecule has 9 heteroatoms. The van der Waals surface area contributed by atoms with E-state index < -0.39 is 21.5 Å². The lowest BCUT2D eigenvalue weighted by Crippen LogP contribution is -2.19. The minimum absolute atomic E-state index is 0.0379. The number of amides is 1. The summed E-state index contributed by atoms with van der Waals surface area (Å²) in [5.74, 6) is -0.733. The van der Waals surface area contributed by atoms with Crippen molar-refractivity contribution in [3.05, 3.63) is 52.3 Å². The van der Waals surface area contributed by atoms with E-state index in [0.717, 1.165) is 10.2 Å². The quantitative estimate of drug-likeness (QED) is 0.662. The molecule has 0 N–H and O–H groups in total. The van der Waals surface area contributed by atoms with Gasteiger partial charge >= 0.3 is 0 Å². The number of nitrogens with zero attached hydrogens (tertiary/aromatic N) is 2. The Bertz CT molecular complexity index is 1150. The third-order valence-electron chi connectivity index (χ3n) is 3.72. The molecule has 136 valence electrons. The first-order chi connectivity index (χ1) is 12.3. The number of rotatable bonds is 4. The monoisotopic (exact) mass is 410 g/mol. The van der Waals surface area contributed by atoms with E-state index in [2.05, 4.69) is 4.99 Å². The van der Waals surface area contributed by atoms with Crippen LogP contribution in [0.1, 0.15) is 0 Å². The molecule has 3 rings (SSSR count). The molecule has 26 heavy (non-hydrogen) atoms. The number of aryl methyl sites for hydroxylation is 1. The lowest BCUT2D eigenvalue weighted by Gasteiger charge is -2.01. The Morgan fingerprint density at radius 2 is 1.92 bits per heavy atom. The summed E-state index contributed by atoms with van der Waals surface area (Å²) in [6.07, 6.45) is 0. The second-order valence-corrected chi connectivity index (χ2v) is 8.93. The Morgan fingerprint density at radius 3 is 2.58 bits per heavy atom. The maximum Gasteiger partial charge on any atom is 0.263 e. The molecule has 1 aromatic heterocycles. The molecule has 0 radical (unpaired) electrons. The van der Waals surface area contributed by atoms with Crippen molar-refractivity contribution in [1.29, 1.82) is 0 Å². The molecule has 0 spiro atoms. The molecule has 0 fully saturated rings. The standard InChI is InChI=1S/C17H15ClN2O4S2/c1-20-14-8-5-12(24-2)9-15(14)25-17(20)19-16(21)10-26(22,23)13-6-3-11(18)4-7-13/h3-9H,10H2,1-2H3. The van der Waals surface area contributed by atoms with Crippen LogP contribution in [0.25, 0.3) is 10.2 Å². The van der Waals surface area contributed by atoms with E-state index in [4.69, 9.17) is 16.3 Å². The highest BCUT2D eigenvalue weighted by Crippen LogP contribution is 2.22. The average Bonchev–Trinajstić information content (AvgIpc) is 2.89. The molecule has 1 heterocycles. The number of ether oxygens (including phenoxy) is 1. The fourth-order valence-corrected chi connectivity index (χ4v) is 4.67. The Hall–Kier alpha value is -2.16. The van der Waals surface area contributed by atoms with Crippen molar-refractivity contribution in [2.24, 2.45) is 12.0 Å². The Kier molecular flexibility index (Phi) is 5.17. The lowest BCUT2D eigenvalue weighted by atomic mass is 10.3. The number of sulfone groups is 1. The van der Waals surface area contributed by atoms with E-state index in [9.17, 15) is 13.2 Å². The van der Waals surface area contributed by atoms with E-state index in [1.54, 1.807) is 18.7 Å². The molecule has 0 atom stereocenters. The SMILES string of the molecule is COc1ccc2c(c1)sc(=NC(=O)CS(=O)(=O)c1ccc(Cl)cc1)n2C. The zero-order chi connectivity index (χ0) is 18.9. The van der Waals surface area contributed by atoms with Crippen LogP contribution in [0.2, 0.25) is 5.02 Å². The Labute approximate surface area is 159 Å². The summed E-state index contributed by atoms with van der Waals surface area (Å²) in [6, 6.07) is 11.2. The fraction of sp³-hybridized carbons (Fsp3) is 0.176. The number of aromatic nitrogens is 1. The van der Waals surface area contributed by atoms with Gasteiger partial charge in [-0.25, -0.2) is 8.42 Å². The maximum atomic E-state index is 12.3. The van der Waals surface area contributed by atoms with Gasteiger partial charge in [0.25, 0.3) is 5.91 Å². The Morgan fingerprint density at radius 1 is 1.23 bits per heavy atom. The predicted octanol–water partition coefficient (Wildman–Crippen LogP) is 2.80. The van der Waals surface area contributed by atoms with Gasteiger partial charge in [-0.15, -0.1) is 0 Å². The van der Waals surface area contributed by atoms with Crippen LogP contribution < -0.4 is 9.54 Å². The highest BCUT2D eigenvalue weighted by Gasteiger charge is 2.19. The average molecular weight is 411 g/mol. The number of benzene rings is 2. The number of methoxy groups -OCH3 is 1. The first-order valence-electron chi connectivity index (χ1n) is 7.49. The highest BCUT2D eigenvalue weighted by atomic mass is 35.5. The van der Waals surface area contributed by atoms with Gasteiger partial charge in [-0.05, 0) is 42.5 Å². The van der Waals surface area contributed by atoms with Gasteiger partial charge in [0.05, 0.1) is 22.2 Å². The van der Waals surface area contributed by atoms with Gasteiger partial charge in [0.2, 0.25) is 0 Å². The summed E-state index contributed by atoms with van der Waals surface area (Å²) in [5, 5.41) is 0.424. The molecular weight excluding hydrogens is 396 g/mol. The van der Waals surface area contributed by atoms with Crippen LogP contribution in [-0.2, 0) is 21.7 Å². The summed E-state index contributed by atoms with van der Waals surface area (Å²) in [7, 11) is -0.433. The highest BCUT2D eigenvalue weighted by molar-refractivity contribution is 7.92. The first-order valence-corrected chi connectivity index (χ1v) is 10.3. The molecule has 3 aromatic rings. The van der Waals surface area contributed by atoms with Crippen molar-refractivity contribution < 1.29 is 17.9 Å². The van der Waals surface area contributed by atoms with Crippen LogP contribution >= 0.6 is 22.9 Å². The van der Waals surface area contributed by atoms with E-state index in [0.29, 0.717) is 15.6 Å². The maximum absolute atomic E-state index is 12.3. The molecule has 1 amide bonds. The van der Waals surface area contributed by atoms with Crippen molar-refractivity contribution in [2.45, 2.75) is 4.90 Å². The molecule has 6 nitrogen and oxygen atoms in total. The second-order valence-electron chi connectivity index (χ2n) is 5.50. The topological polar surface area (TPSA) is 77.7 Å². The molecule has 0 unspecified atom stereocenters. The molecule has 0 aliphatic carbocycles. The van der Waals surface area contributed by atoms with Gasteiger partial charge in [0.1, 0.15) is 11.5 Å². The minimum Gasteiger partial charge on any atom is -0.497 e. The fourth-order valence-electron chi connectivity index (χ4n) is 2.37. The molecule has 0 aliphatic rings. The molecule has 0 saturated carbocycles. The summed E-state index contributed by atoms with van der Waals surface area (Å²) in [4.78, 5) is 16.7. The van der Waals surface area contributed by atoms with Gasteiger partial charge in [-0.2, -0.15) is 4.99 Å². The van der Waals surface area contributed by atoms with Crippen LogP contribution in [0, 0.1) is 0 Å². The van der Waals surface area contributed by atoms with Crippen molar-refractivity contribution in [2.75, 3.05) is 12.9 Å². The van der Waals surface area contributed by atoms with E-state index in [-0.39, 0.29) is 4.90 Å². The third-order valence-corrected chi connectivity index (χ3v) is 6.69. The van der Waals surface area contributed by atoms with Crippen LogP contribution in [0.15, 0.2) is 52.4 Å². The van der Waals surface area contributed by atoms with Gasteiger partial charge in [0, 0.05) is 12.1 Å². The Balaban J connectivity index is 1.92. The summed E-state index contributed by atoms with van der Waals surface area (Å²) < 4.78 is 32.5. The molecule has 0 bridgehead atoms. The summed E-state index contributed by atoms with van der Waals surface area (Å²) >= 11 is 7.05. The minimum atomic E-state index is -3.78. The van der Waals surface area contributed by atoms with Crippen LogP contribution in [-0.4, -0.2) is 31.8 Å². The molecule has 2 aromatic carbocycles. The predicted molar refractivity (Wildman–Crippen MR) is 101 cm³/mol. The van der Waals surface area contributed by atoms with Crippen molar-refractivity contribution in [3.8, 4) is 5.75 Å². The zero-order valence-electron chi connectivity index (χ0n) is 14.0. The summed E-state index contributed by atoms with van der Waals surface area (Å²) in [5.41, 5.74) is 0.878. The van der Waals surface area contributed by atoms with Crippen LogP contribution in [0.5, 0.6) is 5.75 Å². The lowest BCUT2D eigenvalue weighted by molar-refractivity contribution is -0.115. The van der Waals surface area contributed by atoms with Crippen molar-refractivity contribution >= 4 is 48.9 Å². The van der Waals surface area contributed by atoms with Gasteiger partial charge in [-0.1, -0.05) is 22.9 Å². The van der Waals surface area contributed by atoms with Gasteiger partial charge in [-0.3, -0.25) is 4.79 Å². The van der Waals surface area contributed by atoms with Gasteiger partial charge in [0.15, 0.2) is 14.6 Å². The number of thiazole rings is 1. The summed E-state index contributed by atoms with van der Waals surface area (Å²) in [6.45, 7) is 0. The molecule has 0 saturated heterocycles. The van der Waals surface area contributed by atoms with E-state index in [1.165, 1.54) is 35.6 Å². The number of carbonyl (C=O) groups is 1. The number of carbonyl (C=O) groups excluding carboxylic acids is 1. The number of hydrogen-bond donors (Lipinski definition) is 0. The zero-order valence-corrected chi connectivity index (χ0v) is 16.4. The first kappa shape index (κ1) is 18.6. The van der Waals surface area contributed by atoms with E-state index >= 15 is 0 Å². The normalized spacial score (nSPS) is 12.5. The van der Waals surface area contributed by atoms with Crippen molar-refractivity contribution in [3.63, 3.8) is 0 Å². The van der Waals surface area contributed by atoms with Crippen molar-refractivity contribution in [1.82, 2.24) is 4.57 Å². The molecule has 0 aliphatic heterocycles. The van der Waals surface area contributed by atoms with E-state index in [1.807, 2.05) is 18.2 Å². The smallest absolute Gasteiger partial charge is 0.263 e. The van der Waals surface area contributed by atoms with Crippen LogP contribution in [0.4, 0.5) is 0 Å². The number of halogens is 1. The second kappa shape index (κ2) is 7.22. The largest absolute Gasteiger partial charge is 0.497 e. The van der Waals surface area contributed by atoms with Crippen LogP contribution in [0.3, 0.4) is 0 Å². The number of fused-ring (bicyclic) bond motifs is 1. The third kappa shape index (κ3) is 3.82.